The summed E-state index contributed by atoms with van der Waals surface area (Å²) in [6.07, 6.45) is 0. The van der Waals surface area contributed by atoms with Crippen LogP contribution in [0.1, 0.15) is 22.1 Å². The molecular formula is C17H14N4O3S. The zero-order valence-electron chi connectivity index (χ0n) is 13.2. The number of aromatic amines is 1. The lowest BCUT2D eigenvalue weighted by molar-refractivity contribution is 0.0976. The molecule has 0 aliphatic rings. The van der Waals surface area contributed by atoms with Gasteiger partial charge < -0.3 is 4.98 Å². The van der Waals surface area contributed by atoms with Gasteiger partial charge in [0.15, 0.2) is 11.7 Å². The minimum Gasteiger partial charge on any atom is -0.340 e. The van der Waals surface area contributed by atoms with Crippen molar-refractivity contribution in [2.24, 2.45) is 0 Å². The first-order valence-electron chi connectivity index (χ1n) is 7.38. The average molecular weight is 354 g/mol. The normalized spacial score (nSPS) is 12.6. The Morgan fingerprint density at radius 2 is 2.00 bits per heavy atom. The molecular weight excluding hydrogens is 340 g/mol. The first-order chi connectivity index (χ1) is 12.0. The van der Waals surface area contributed by atoms with Gasteiger partial charge in [0.05, 0.1) is 22.0 Å². The highest BCUT2D eigenvalue weighted by Crippen LogP contribution is 2.22. The number of carbonyl (C=O) groups is 1. The zero-order valence-corrected chi connectivity index (χ0v) is 14.0. The van der Waals surface area contributed by atoms with E-state index in [1.807, 2.05) is 18.2 Å². The Bertz CT molecular complexity index is 1060. The van der Waals surface area contributed by atoms with Crippen LogP contribution in [0.15, 0.2) is 53.4 Å². The number of ketones is 1. The molecule has 126 valence electrons. The molecule has 0 saturated carbocycles. The van der Waals surface area contributed by atoms with Crippen molar-refractivity contribution in [3.05, 3.63) is 59.9 Å². The van der Waals surface area contributed by atoms with Crippen molar-refractivity contribution in [2.45, 2.75) is 10.8 Å². The van der Waals surface area contributed by atoms with E-state index >= 15 is 0 Å². The summed E-state index contributed by atoms with van der Waals surface area (Å²) in [7, 11) is -2.39. The summed E-state index contributed by atoms with van der Waals surface area (Å²) in [5.41, 5.74) is 1.50. The number of nitrogens with zero attached hydrogens (tertiary/aromatic N) is 2. The number of nitriles is 1. The second kappa shape index (κ2) is 6.47. The fourth-order valence-corrected chi connectivity index (χ4v) is 3.23. The molecule has 0 unspecified atom stereocenters. The lowest BCUT2D eigenvalue weighted by Gasteiger charge is -2.08. The summed E-state index contributed by atoms with van der Waals surface area (Å²) in [6, 6.07) is 14.7. The number of imidazole rings is 1. The van der Waals surface area contributed by atoms with Crippen LogP contribution >= 0.6 is 0 Å². The fourth-order valence-electron chi connectivity index (χ4n) is 2.45. The van der Waals surface area contributed by atoms with E-state index in [4.69, 9.17) is 0 Å². The second-order valence-electron chi connectivity index (χ2n) is 5.30. The highest BCUT2D eigenvalue weighted by molar-refractivity contribution is 7.89. The molecule has 7 nitrogen and oxygen atoms in total. The number of rotatable bonds is 5. The highest BCUT2D eigenvalue weighted by atomic mass is 32.2. The molecule has 0 spiro atoms. The Kier molecular flexibility index (Phi) is 4.35. The smallest absolute Gasteiger partial charge is 0.240 e. The Morgan fingerprint density at radius 3 is 2.68 bits per heavy atom. The van der Waals surface area contributed by atoms with Gasteiger partial charge in [-0.25, -0.2) is 18.1 Å². The number of nitrogens with one attached hydrogen (secondary N) is 2. The SMILES string of the molecule is CNS(=O)(=O)c1cccc(C(=O)[C@H](C#N)c2nc3ccccc3[nH]2)c1. The summed E-state index contributed by atoms with van der Waals surface area (Å²) in [6.45, 7) is 0. The van der Waals surface area contributed by atoms with Crippen molar-refractivity contribution in [3.63, 3.8) is 0 Å². The molecule has 1 atom stereocenters. The number of benzene rings is 2. The van der Waals surface area contributed by atoms with Gasteiger partial charge >= 0.3 is 0 Å². The van der Waals surface area contributed by atoms with Gasteiger partial charge in [0.1, 0.15) is 5.82 Å². The Morgan fingerprint density at radius 1 is 1.24 bits per heavy atom. The van der Waals surface area contributed by atoms with E-state index in [1.54, 1.807) is 12.1 Å². The number of para-hydroxylation sites is 2. The molecule has 0 bridgehead atoms. The van der Waals surface area contributed by atoms with Crippen molar-refractivity contribution in [1.82, 2.24) is 14.7 Å². The molecule has 1 aromatic heterocycles. The summed E-state index contributed by atoms with van der Waals surface area (Å²) >= 11 is 0. The first kappa shape index (κ1) is 16.8. The van der Waals surface area contributed by atoms with E-state index in [9.17, 15) is 18.5 Å². The van der Waals surface area contributed by atoms with Gasteiger partial charge in [-0.1, -0.05) is 24.3 Å². The highest BCUT2D eigenvalue weighted by Gasteiger charge is 2.26. The molecule has 3 aromatic rings. The van der Waals surface area contributed by atoms with Crippen LogP contribution in [0.5, 0.6) is 0 Å². The van der Waals surface area contributed by atoms with Crippen molar-refractivity contribution < 1.29 is 13.2 Å². The second-order valence-corrected chi connectivity index (χ2v) is 7.19. The third kappa shape index (κ3) is 3.15. The lowest BCUT2D eigenvalue weighted by atomic mass is 9.98. The summed E-state index contributed by atoms with van der Waals surface area (Å²) in [5.74, 6) is -1.44. The van der Waals surface area contributed by atoms with Crippen LogP contribution in [0, 0.1) is 11.3 Å². The van der Waals surface area contributed by atoms with E-state index in [-0.39, 0.29) is 16.3 Å². The molecule has 0 aliphatic carbocycles. The van der Waals surface area contributed by atoms with Gasteiger partial charge in [-0.3, -0.25) is 4.79 Å². The molecule has 0 aliphatic heterocycles. The van der Waals surface area contributed by atoms with Gasteiger partial charge in [-0.15, -0.1) is 0 Å². The predicted molar refractivity (Wildman–Crippen MR) is 91.5 cm³/mol. The van der Waals surface area contributed by atoms with Gasteiger partial charge in [0.2, 0.25) is 10.0 Å². The Labute approximate surface area is 144 Å². The van der Waals surface area contributed by atoms with Gasteiger partial charge in [0.25, 0.3) is 0 Å². The molecule has 0 fully saturated rings. The van der Waals surface area contributed by atoms with E-state index in [0.717, 1.165) is 5.52 Å². The van der Waals surface area contributed by atoms with Crippen LogP contribution in [-0.2, 0) is 10.0 Å². The van der Waals surface area contributed by atoms with Crippen LogP contribution in [0.2, 0.25) is 0 Å². The standard InChI is InChI=1S/C17H14N4O3S/c1-19-25(23,24)12-6-4-5-11(9-12)16(22)13(10-18)17-20-14-7-2-3-8-15(14)21-17/h2-9,13,19H,1H3,(H,20,21)/t13-/m0/s1. The zero-order chi connectivity index (χ0) is 18.0. The van der Waals surface area contributed by atoms with E-state index in [2.05, 4.69) is 14.7 Å². The monoisotopic (exact) mass is 354 g/mol. The van der Waals surface area contributed by atoms with E-state index in [1.165, 1.54) is 31.3 Å². The quantitative estimate of drug-likeness (QED) is 0.680. The Balaban J connectivity index is 2.01. The molecule has 25 heavy (non-hydrogen) atoms. The number of fused-ring (bicyclic) bond motifs is 1. The number of Topliss-reactive ketones (excluding diaryl/α,β-unsaturated/α-hetero) is 1. The van der Waals surface area contributed by atoms with Crippen molar-refractivity contribution in [1.29, 1.82) is 5.26 Å². The van der Waals surface area contributed by atoms with Gasteiger partial charge in [0, 0.05) is 5.56 Å². The van der Waals surface area contributed by atoms with Gasteiger partial charge in [-0.05, 0) is 31.3 Å². The minimum absolute atomic E-state index is 0.0397. The van der Waals surface area contributed by atoms with Crippen LogP contribution in [0.4, 0.5) is 0 Å². The summed E-state index contributed by atoms with van der Waals surface area (Å²) in [4.78, 5) is 19.9. The number of hydrogen-bond acceptors (Lipinski definition) is 5. The van der Waals surface area contributed by atoms with Crippen LogP contribution in [-0.4, -0.2) is 31.2 Å². The van der Waals surface area contributed by atoms with Crippen LogP contribution in [0.25, 0.3) is 11.0 Å². The largest absolute Gasteiger partial charge is 0.340 e. The van der Waals surface area contributed by atoms with E-state index < -0.39 is 21.7 Å². The first-order valence-corrected chi connectivity index (χ1v) is 8.86. The maximum atomic E-state index is 12.7. The third-order valence-electron chi connectivity index (χ3n) is 3.77. The molecule has 0 saturated heterocycles. The topological polar surface area (TPSA) is 116 Å². The number of H-pyrrole nitrogens is 1. The fraction of sp³-hybridized carbons (Fsp3) is 0.118. The van der Waals surface area contributed by atoms with Crippen LogP contribution in [0.3, 0.4) is 0 Å². The molecule has 2 N–H and O–H groups in total. The molecule has 0 amide bonds. The minimum atomic E-state index is -3.68. The Hall–Kier alpha value is -3.02. The van der Waals surface area contributed by atoms with E-state index in [0.29, 0.717) is 5.52 Å². The van der Waals surface area contributed by atoms with Crippen molar-refractivity contribution >= 4 is 26.8 Å². The third-order valence-corrected chi connectivity index (χ3v) is 5.18. The average Bonchev–Trinajstić information content (AvgIpc) is 3.06. The predicted octanol–water partition coefficient (Wildman–Crippen LogP) is 1.96. The number of carbonyl (C=O) groups excluding carboxylic acids is 1. The maximum absolute atomic E-state index is 12.7. The molecule has 2 aromatic carbocycles. The maximum Gasteiger partial charge on any atom is 0.240 e. The molecule has 8 heteroatoms. The number of hydrogen-bond donors (Lipinski definition) is 2. The number of aromatic nitrogens is 2. The van der Waals surface area contributed by atoms with Gasteiger partial charge in [-0.2, -0.15) is 5.26 Å². The summed E-state index contributed by atoms with van der Waals surface area (Å²) < 4.78 is 26.0. The lowest BCUT2D eigenvalue weighted by Crippen LogP contribution is -2.19. The van der Waals surface area contributed by atoms with Crippen molar-refractivity contribution in [3.8, 4) is 6.07 Å². The molecule has 1 heterocycles. The molecule has 0 radical (unpaired) electrons. The van der Waals surface area contributed by atoms with Crippen LogP contribution < -0.4 is 4.72 Å². The number of sulfonamides is 1. The van der Waals surface area contributed by atoms with Crippen molar-refractivity contribution in [2.75, 3.05) is 7.05 Å². The molecule has 3 rings (SSSR count). The summed E-state index contributed by atoms with van der Waals surface area (Å²) in [5, 5.41) is 9.45.